The number of fused-ring (bicyclic) bond motifs is 1. The summed E-state index contributed by atoms with van der Waals surface area (Å²) in [5, 5.41) is 4.80. The summed E-state index contributed by atoms with van der Waals surface area (Å²) in [6.07, 6.45) is 0. The molecule has 0 saturated carbocycles. The van der Waals surface area contributed by atoms with Crippen molar-refractivity contribution in [3.8, 4) is 17.0 Å². The number of carbonyl (C=O) groups is 2. The van der Waals surface area contributed by atoms with Crippen LogP contribution in [0.25, 0.3) is 11.3 Å². The zero-order chi connectivity index (χ0) is 19.7. The second-order valence-electron chi connectivity index (χ2n) is 6.67. The number of hydrogen-bond acceptors (Lipinski definition) is 5. The smallest absolute Gasteiger partial charge is 0.265 e. The highest BCUT2D eigenvalue weighted by molar-refractivity contribution is 7.07. The Hall–Kier alpha value is -3.19. The topological polar surface area (TPSA) is 71.5 Å². The van der Waals surface area contributed by atoms with E-state index in [1.807, 2.05) is 55.6 Å². The monoisotopic (exact) mass is 393 g/mol. The van der Waals surface area contributed by atoms with Crippen LogP contribution < -0.4 is 15.0 Å². The van der Waals surface area contributed by atoms with E-state index in [1.54, 1.807) is 5.51 Å². The molecule has 0 bridgehead atoms. The molecule has 6 nitrogen and oxygen atoms in total. The first-order valence-corrected chi connectivity index (χ1v) is 9.78. The first kappa shape index (κ1) is 18.2. The second-order valence-corrected chi connectivity index (χ2v) is 7.39. The highest BCUT2D eigenvalue weighted by Gasteiger charge is 2.28. The van der Waals surface area contributed by atoms with Gasteiger partial charge < -0.3 is 10.1 Å². The minimum absolute atomic E-state index is 0.0807. The van der Waals surface area contributed by atoms with Crippen LogP contribution in [0.1, 0.15) is 11.1 Å². The van der Waals surface area contributed by atoms with E-state index in [2.05, 4.69) is 10.3 Å². The van der Waals surface area contributed by atoms with Crippen LogP contribution >= 0.6 is 11.3 Å². The molecular formula is C21H19N3O3S. The van der Waals surface area contributed by atoms with Crippen molar-refractivity contribution in [2.75, 3.05) is 23.4 Å². The fourth-order valence-corrected chi connectivity index (χ4v) is 3.61. The molecule has 1 aliphatic heterocycles. The Bertz CT molecular complexity index is 1050. The molecule has 0 spiro atoms. The van der Waals surface area contributed by atoms with Gasteiger partial charge in [-0.1, -0.05) is 6.07 Å². The summed E-state index contributed by atoms with van der Waals surface area (Å²) in [6, 6.07) is 11.3. The number of nitrogens with zero attached hydrogens (tertiary/aromatic N) is 2. The van der Waals surface area contributed by atoms with Crippen molar-refractivity contribution < 1.29 is 14.3 Å². The van der Waals surface area contributed by atoms with Gasteiger partial charge in [0.15, 0.2) is 6.61 Å². The van der Waals surface area contributed by atoms with Gasteiger partial charge in [-0.05, 0) is 55.3 Å². The first-order valence-electron chi connectivity index (χ1n) is 8.84. The lowest BCUT2D eigenvalue weighted by molar-refractivity contribution is -0.123. The molecule has 2 heterocycles. The maximum absolute atomic E-state index is 12.6. The maximum atomic E-state index is 12.6. The number of hydrogen-bond donors (Lipinski definition) is 1. The lowest BCUT2D eigenvalue weighted by Gasteiger charge is -2.29. The van der Waals surface area contributed by atoms with Crippen LogP contribution in [-0.2, 0) is 9.59 Å². The molecule has 0 unspecified atom stereocenters. The average Bonchev–Trinajstić information content (AvgIpc) is 3.21. The Morgan fingerprint density at radius 1 is 1.21 bits per heavy atom. The third kappa shape index (κ3) is 3.61. The molecule has 142 valence electrons. The number of amides is 2. The van der Waals surface area contributed by atoms with E-state index in [9.17, 15) is 9.59 Å². The summed E-state index contributed by atoms with van der Waals surface area (Å²) >= 11 is 1.50. The molecule has 2 aromatic carbocycles. The minimum Gasteiger partial charge on any atom is -0.482 e. The normalized spacial score (nSPS) is 13.1. The number of nitrogens with one attached hydrogen (secondary N) is 1. The molecular weight excluding hydrogens is 374 g/mol. The van der Waals surface area contributed by atoms with Crippen molar-refractivity contribution in [3.05, 3.63) is 58.4 Å². The highest BCUT2D eigenvalue weighted by Crippen LogP contribution is 2.36. The van der Waals surface area contributed by atoms with Gasteiger partial charge >= 0.3 is 0 Å². The summed E-state index contributed by atoms with van der Waals surface area (Å²) in [4.78, 5) is 30.8. The summed E-state index contributed by atoms with van der Waals surface area (Å²) in [7, 11) is 0. The van der Waals surface area contributed by atoms with Crippen molar-refractivity contribution in [2.45, 2.75) is 13.8 Å². The number of carbonyl (C=O) groups excluding carboxylic acids is 2. The Morgan fingerprint density at radius 2 is 2.07 bits per heavy atom. The van der Waals surface area contributed by atoms with Gasteiger partial charge in [0.2, 0.25) is 5.91 Å². The molecule has 0 saturated heterocycles. The van der Waals surface area contributed by atoms with Gasteiger partial charge in [-0.15, -0.1) is 11.3 Å². The molecule has 1 aliphatic rings. The van der Waals surface area contributed by atoms with Gasteiger partial charge in [0.1, 0.15) is 12.3 Å². The third-order valence-electron chi connectivity index (χ3n) is 4.72. The number of aryl methyl sites for hydroxylation is 2. The molecule has 0 aliphatic carbocycles. The van der Waals surface area contributed by atoms with Gasteiger partial charge in [0.05, 0.1) is 16.9 Å². The molecule has 7 heteroatoms. The number of ether oxygens (including phenoxy) is 1. The highest BCUT2D eigenvalue weighted by atomic mass is 32.1. The van der Waals surface area contributed by atoms with E-state index >= 15 is 0 Å². The van der Waals surface area contributed by atoms with E-state index in [0.717, 1.165) is 22.4 Å². The summed E-state index contributed by atoms with van der Waals surface area (Å²) in [5.74, 6) is 0.0687. The zero-order valence-electron chi connectivity index (χ0n) is 15.6. The van der Waals surface area contributed by atoms with Crippen molar-refractivity contribution in [1.82, 2.24) is 4.98 Å². The van der Waals surface area contributed by atoms with Crippen LogP contribution in [0.15, 0.2) is 47.3 Å². The molecule has 0 fully saturated rings. The van der Waals surface area contributed by atoms with Crippen molar-refractivity contribution >= 4 is 34.5 Å². The number of rotatable bonds is 4. The number of benzene rings is 2. The van der Waals surface area contributed by atoms with Crippen LogP contribution in [0, 0.1) is 13.8 Å². The molecule has 2 amide bonds. The van der Waals surface area contributed by atoms with Crippen molar-refractivity contribution in [3.63, 3.8) is 0 Å². The molecule has 1 aromatic heterocycles. The van der Waals surface area contributed by atoms with E-state index in [-0.39, 0.29) is 25.0 Å². The number of aromatic nitrogens is 1. The number of anilines is 2. The van der Waals surface area contributed by atoms with Gasteiger partial charge in [-0.2, -0.15) is 0 Å². The molecule has 0 radical (unpaired) electrons. The van der Waals surface area contributed by atoms with Crippen LogP contribution in [0.2, 0.25) is 0 Å². The van der Waals surface area contributed by atoms with Crippen LogP contribution in [0.4, 0.5) is 11.4 Å². The lowest BCUT2D eigenvalue weighted by Crippen LogP contribution is -2.43. The molecule has 28 heavy (non-hydrogen) atoms. The summed E-state index contributed by atoms with van der Waals surface area (Å²) in [6.45, 7) is 3.85. The van der Waals surface area contributed by atoms with E-state index in [0.29, 0.717) is 17.1 Å². The molecule has 4 rings (SSSR count). The largest absolute Gasteiger partial charge is 0.482 e. The SMILES string of the molecule is Cc1ccc(NC(=O)CN2C(=O)COc3ccc(-c4cscn4)cc32)cc1C. The Labute approximate surface area is 166 Å². The Balaban J connectivity index is 1.57. The van der Waals surface area contributed by atoms with Gasteiger partial charge in [0.25, 0.3) is 5.91 Å². The van der Waals surface area contributed by atoms with E-state index in [4.69, 9.17) is 4.74 Å². The maximum Gasteiger partial charge on any atom is 0.265 e. The summed E-state index contributed by atoms with van der Waals surface area (Å²) in [5.41, 5.74) is 7.00. The van der Waals surface area contributed by atoms with Crippen molar-refractivity contribution in [1.29, 1.82) is 0 Å². The predicted octanol–water partition coefficient (Wildman–Crippen LogP) is 3.79. The van der Waals surface area contributed by atoms with Crippen molar-refractivity contribution in [2.24, 2.45) is 0 Å². The molecule has 3 aromatic rings. The van der Waals surface area contributed by atoms with Crippen LogP contribution in [0.3, 0.4) is 0 Å². The van der Waals surface area contributed by atoms with Crippen LogP contribution in [-0.4, -0.2) is 29.9 Å². The Morgan fingerprint density at radius 3 is 2.82 bits per heavy atom. The quantitative estimate of drug-likeness (QED) is 0.732. The number of thiazole rings is 1. The third-order valence-corrected chi connectivity index (χ3v) is 5.31. The molecule has 0 atom stereocenters. The van der Waals surface area contributed by atoms with E-state index < -0.39 is 0 Å². The predicted molar refractivity (Wildman–Crippen MR) is 110 cm³/mol. The lowest BCUT2D eigenvalue weighted by atomic mass is 10.1. The standard InChI is InChI=1S/C21H19N3O3S/c1-13-3-5-16(7-14(13)2)23-20(25)9-24-18-8-15(17-11-28-12-22-17)4-6-19(18)27-10-21(24)26/h3-8,11-12H,9-10H2,1-2H3,(H,23,25). The average molecular weight is 393 g/mol. The first-order chi connectivity index (χ1) is 13.5. The second kappa shape index (κ2) is 7.44. The molecule has 1 N–H and O–H groups in total. The zero-order valence-corrected chi connectivity index (χ0v) is 16.4. The minimum atomic E-state index is -0.261. The van der Waals surface area contributed by atoms with Crippen LogP contribution in [0.5, 0.6) is 5.75 Å². The van der Waals surface area contributed by atoms with Gasteiger partial charge in [-0.25, -0.2) is 4.98 Å². The fraction of sp³-hybridized carbons (Fsp3) is 0.190. The summed E-state index contributed by atoms with van der Waals surface area (Å²) < 4.78 is 5.53. The van der Waals surface area contributed by atoms with Gasteiger partial charge in [-0.3, -0.25) is 14.5 Å². The van der Waals surface area contributed by atoms with E-state index in [1.165, 1.54) is 16.2 Å². The fourth-order valence-electron chi connectivity index (χ4n) is 3.05. The Kier molecular flexibility index (Phi) is 4.83. The van der Waals surface area contributed by atoms with Gasteiger partial charge in [0, 0.05) is 16.6 Å².